The number of carbonyl (C=O) groups is 3. The molecular formula is C18H23NO6. The van der Waals surface area contributed by atoms with Crippen LogP contribution in [0.3, 0.4) is 0 Å². The standard InChI is InChI=1S/C18H23NO6/c1-13(2)15(12-24-17(21)10-9-16(20)23-3)25-18(22)19-11-14-7-5-4-6-8-14/h4-10,13,15H,11-12H2,1-3H3,(H,19,22)/b10-9+/t15-/m0/s1. The molecule has 0 aromatic heterocycles. The van der Waals surface area contributed by atoms with Gasteiger partial charge in [0.05, 0.1) is 7.11 Å². The third-order valence-corrected chi connectivity index (χ3v) is 3.23. The molecule has 0 spiro atoms. The van der Waals surface area contributed by atoms with Gasteiger partial charge in [-0.15, -0.1) is 0 Å². The van der Waals surface area contributed by atoms with E-state index in [1.165, 1.54) is 7.11 Å². The molecule has 1 aromatic rings. The van der Waals surface area contributed by atoms with Crippen LogP contribution in [0.25, 0.3) is 0 Å². The smallest absolute Gasteiger partial charge is 0.407 e. The summed E-state index contributed by atoms with van der Waals surface area (Å²) in [7, 11) is 1.20. The number of hydrogen-bond donors (Lipinski definition) is 1. The zero-order chi connectivity index (χ0) is 18.7. The van der Waals surface area contributed by atoms with Gasteiger partial charge in [-0.25, -0.2) is 14.4 Å². The molecule has 7 heteroatoms. The van der Waals surface area contributed by atoms with Gasteiger partial charge in [0.15, 0.2) is 0 Å². The Morgan fingerprint density at radius 3 is 2.32 bits per heavy atom. The lowest BCUT2D eigenvalue weighted by Crippen LogP contribution is -2.34. The van der Waals surface area contributed by atoms with E-state index >= 15 is 0 Å². The fourth-order valence-electron chi connectivity index (χ4n) is 1.73. The van der Waals surface area contributed by atoms with Crippen molar-refractivity contribution in [3.8, 4) is 0 Å². The Labute approximate surface area is 146 Å². The van der Waals surface area contributed by atoms with Gasteiger partial charge in [0.2, 0.25) is 0 Å². The topological polar surface area (TPSA) is 90.9 Å². The summed E-state index contributed by atoms with van der Waals surface area (Å²) in [5.74, 6) is -1.43. The Bertz CT molecular complexity index is 597. The minimum atomic E-state index is -0.718. The van der Waals surface area contributed by atoms with Crippen LogP contribution in [-0.2, 0) is 30.3 Å². The van der Waals surface area contributed by atoms with Crippen molar-refractivity contribution in [2.24, 2.45) is 5.92 Å². The number of esters is 2. The predicted octanol–water partition coefficient (Wildman–Crippen LogP) is 2.21. The van der Waals surface area contributed by atoms with Crippen molar-refractivity contribution in [2.45, 2.75) is 26.5 Å². The molecule has 0 saturated carbocycles. The number of nitrogens with one attached hydrogen (secondary N) is 1. The molecule has 0 aliphatic heterocycles. The highest BCUT2D eigenvalue weighted by atomic mass is 16.6. The Balaban J connectivity index is 2.42. The number of amides is 1. The van der Waals surface area contributed by atoms with E-state index in [4.69, 9.17) is 9.47 Å². The van der Waals surface area contributed by atoms with Crippen LogP contribution in [-0.4, -0.2) is 37.9 Å². The minimum Gasteiger partial charge on any atom is -0.466 e. The van der Waals surface area contributed by atoms with Crippen LogP contribution >= 0.6 is 0 Å². The molecule has 7 nitrogen and oxygen atoms in total. The summed E-state index contributed by atoms with van der Waals surface area (Å²) in [6.45, 7) is 3.91. The molecule has 1 atom stereocenters. The van der Waals surface area contributed by atoms with E-state index < -0.39 is 24.1 Å². The molecule has 0 heterocycles. The van der Waals surface area contributed by atoms with Gasteiger partial charge in [-0.1, -0.05) is 44.2 Å². The van der Waals surface area contributed by atoms with E-state index in [2.05, 4.69) is 10.1 Å². The summed E-state index contributed by atoms with van der Waals surface area (Å²) in [4.78, 5) is 34.3. The highest BCUT2D eigenvalue weighted by Gasteiger charge is 2.20. The van der Waals surface area contributed by atoms with Gasteiger partial charge in [0.25, 0.3) is 0 Å². The lowest BCUT2D eigenvalue weighted by atomic mass is 10.1. The molecule has 0 aliphatic rings. The minimum absolute atomic E-state index is 0.0557. The summed E-state index contributed by atoms with van der Waals surface area (Å²) in [6.07, 6.45) is 0.716. The van der Waals surface area contributed by atoms with Crippen LogP contribution in [0, 0.1) is 5.92 Å². The molecule has 136 valence electrons. The maximum Gasteiger partial charge on any atom is 0.407 e. The first kappa shape index (κ1) is 20.2. The molecule has 0 bridgehead atoms. The van der Waals surface area contributed by atoms with Crippen molar-refractivity contribution in [2.75, 3.05) is 13.7 Å². The monoisotopic (exact) mass is 349 g/mol. The summed E-state index contributed by atoms with van der Waals surface area (Å²) in [5.41, 5.74) is 0.944. The summed E-state index contributed by atoms with van der Waals surface area (Å²) < 4.78 is 14.6. The fraction of sp³-hybridized carbons (Fsp3) is 0.389. The zero-order valence-electron chi connectivity index (χ0n) is 14.6. The first-order valence-electron chi connectivity index (χ1n) is 7.83. The van der Waals surface area contributed by atoms with Gasteiger partial charge in [0.1, 0.15) is 12.7 Å². The Morgan fingerprint density at radius 1 is 1.08 bits per heavy atom. The molecular weight excluding hydrogens is 326 g/mol. The summed E-state index contributed by atoms with van der Waals surface area (Å²) in [5, 5.41) is 2.64. The molecule has 1 aromatic carbocycles. The van der Waals surface area contributed by atoms with Crippen LogP contribution in [0.1, 0.15) is 19.4 Å². The highest BCUT2D eigenvalue weighted by molar-refractivity contribution is 5.91. The lowest BCUT2D eigenvalue weighted by molar-refractivity contribution is -0.142. The molecule has 0 saturated heterocycles. The normalized spacial score (nSPS) is 11.8. The number of ether oxygens (including phenoxy) is 3. The van der Waals surface area contributed by atoms with Crippen LogP contribution < -0.4 is 5.32 Å². The number of methoxy groups -OCH3 is 1. The van der Waals surface area contributed by atoms with Gasteiger partial charge in [-0.2, -0.15) is 0 Å². The average molecular weight is 349 g/mol. The molecule has 0 aliphatic carbocycles. The van der Waals surface area contributed by atoms with Gasteiger partial charge >= 0.3 is 18.0 Å². The van der Waals surface area contributed by atoms with Crippen LogP contribution in [0.15, 0.2) is 42.5 Å². The maximum atomic E-state index is 11.9. The van der Waals surface area contributed by atoms with Gasteiger partial charge in [-0.05, 0) is 11.5 Å². The van der Waals surface area contributed by atoms with Crippen LogP contribution in [0.5, 0.6) is 0 Å². The van der Waals surface area contributed by atoms with Crippen molar-refractivity contribution in [3.63, 3.8) is 0 Å². The average Bonchev–Trinajstić information content (AvgIpc) is 2.61. The first-order chi connectivity index (χ1) is 11.9. The number of benzene rings is 1. The maximum absolute atomic E-state index is 11.9. The van der Waals surface area contributed by atoms with Gasteiger partial charge in [-0.3, -0.25) is 0 Å². The third kappa shape index (κ3) is 8.55. The molecule has 0 radical (unpaired) electrons. The molecule has 0 fully saturated rings. The first-order valence-corrected chi connectivity index (χ1v) is 7.83. The third-order valence-electron chi connectivity index (χ3n) is 3.23. The summed E-state index contributed by atoms with van der Waals surface area (Å²) >= 11 is 0. The Morgan fingerprint density at radius 2 is 1.72 bits per heavy atom. The summed E-state index contributed by atoms with van der Waals surface area (Å²) in [6, 6.07) is 9.41. The zero-order valence-corrected chi connectivity index (χ0v) is 14.6. The largest absolute Gasteiger partial charge is 0.466 e. The molecule has 25 heavy (non-hydrogen) atoms. The SMILES string of the molecule is COC(=O)/C=C/C(=O)OC[C@H](OC(=O)NCc1ccccc1)C(C)C. The van der Waals surface area contributed by atoms with E-state index in [-0.39, 0.29) is 12.5 Å². The van der Waals surface area contributed by atoms with E-state index in [0.717, 1.165) is 17.7 Å². The van der Waals surface area contributed by atoms with E-state index in [9.17, 15) is 14.4 Å². The second-order valence-corrected chi connectivity index (χ2v) is 5.51. The molecule has 0 unspecified atom stereocenters. The van der Waals surface area contributed by atoms with Gasteiger partial charge in [0, 0.05) is 18.7 Å². The van der Waals surface area contributed by atoms with E-state index in [1.54, 1.807) is 0 Å². The highest BCUT2D eigenvalue weighted by Crippen LogP contribution is 2.08. The van der Waals surface area contributed by atoms with Crippen LogP contribution in [0.4, 0.5) is 4.79 Å². The number of carbonyl (C=O) groups excluding carboxylic acids is 3. The second-order valence-electron chi connectivity index (χ2n) is 5.51. The van der Waals surface area contributed by atoms with Crippen LogP contribution in [0.2, 0.25) is 0 Å². The van der Waals surface area contributed by atoms with E-state index in [0.29, 0.717) is 6.54 Å². The fourth-order valence-corrected chi connectivity index (χ4v) is 1.73. The quantitative estimate of drug-likeness (QED) is 0.440. The number of alkyl carbamates (subject to hydrolysis) is 1. The number of rotatable bonds is 8. The second kappa shape index (κ2) is 10.9. The molecule has 1 N–H and O–H groups in total. The van der Waals surface area contributed by atoms with Crippen molar-refractivity contribution >= 4 is 18.0 Å². The van der Waals surface area contributed by atoms with Crippen molar-refractivity contribution in [3.05, 3.63) is 48.0 Å². The molecule has 1 amide bonds. The van der Waals surface area contributed by atoms with Crippen molar-refractivity contribution in [1.82, 2.24) is 5.32 Å². The predicted molar refractivity (Wildman–Crippen MR) is 90.5 cm³/mol. The van der Waals surface area contributed by atoms with E-state index in [1.807, 2.05) is 44.2 Å². The van der Waals surface area contributed by atoms with Crippen molar-refractivity contribution in [1.29, 1.82) is 0 Å². The van der Waals surface area contributed by atoms with Crippen molar-refractivity contribution < 1.29 is 28.6 Å². The van der Waals surface area contributed by atoms with Gasteiger partial charge < -0.3 is 19.5 Å². The molecule has 1 rings (SSSR count). The Hall–Kier alpha value is -2.83. The Kier molecular flexibility index (Phi) is 8.78. The number of hydrogen-bond acceptors (Lipinski definition) is 6. The lowest BCUT2D eigenvalue weighted by Gasteiger charge is -2.21.